The molecule has 3 aromatic carbocycles. The van der Waals surface area contributed by atoms with Crippen LogP contribution in [0.2, 0.25) is 0 Å². The Bertz CT molecular complexity index is 1230. The molecule has 0 aliphatic rings. The predicted molar refractivity (Wildman–Crippen MR) is 113 cm³/mol. The summed E-state index contributed by atoms with van der Waals surface area (Å²) in [7, 11) is 0. The van der Waals surface area contributed by atoms with Gasteiger partial charge in [0.25, 0.3) is 5.69 Å². The minimum atomic E-state index is -0.530. The quantitative estimate of drug-likeness (QED) is 0.211. The molecule has 0 aliphatic carbocycles. The van der Waals surface area contributed by atoms with Crippen molar-refractivity contribution in [3.8, 4) is 5.75 Å². The standard InChI is InChI=1S/C22H14N2O4S/c25-17-10-8-14(9-11-17)12-18(22-23-19-6-1-2-7-20(19)29-22)21(26)15-4-3-5-16(13-15)24(27)28/h1-13,25H. The average Bonchev–Trinajstić information content (AvgIpc) is 3.17. The number of nitrogens with zero attached hydrogens (tertiary/aromatic N) is 2. The van der Waals surface area contributed by atoms with Crippen LogP contribution in [0.15, 0.2) is 72.8 Å². The fourth-order valence-corrected chi connectivity index (χ4v) is 3.84. The van der Waals surface area contributed by atoms with Crippen LogP contribution < -0.4 is 0 Å². The van der Waals surface area contributed by atoms with Crippen molar-refractivity contribution in [3.05, 3.63) is 99.0 Å². The van der Waals surface area contributed by atoms with E-state index in [0.29, 0.717) is 16.1 Å². The molecule has 6 nitrogen and oxygen atoms in total. The number of benzene rings is 3. The zero-order chi connectivity index (χ0) is 20.4. The van der Waals surface area contributed by atoms with Crippen molar-refractivity contribution in [1.29, 1.82) is 0 Å². The number of fused-ring (bicyclic) bond motifs is 1. The number of carbonyl (C=O) groups excluding carboxylic acids is 1. The van der Waals surface area contributed by atoms with Crippen LogP contribution in [0.25, 0.3) is 21.9 Å². The van der Waals surface area contributed by atoms with Crippen molar-refractivity contribution in [2.24, 2.45) is 0 Å². The molecule has 0 atom stereocenters. The largest absolute Gasteiger partial charge is 0.508 e. The van der Waals surface area contributed by atoms with Crippen LogP contribution in [0.3, 0.4) is 0 Å². The van der Waals surface area contributed by atoms with E-state index in [1.54, 1.807) is 24.3 Å². The summed E-state index contributed by atoms with van der Waals surface area (Å²) >= 11 is 1.38. The van der Waals surface area contributed by atoms with Crippen molar-refractivity contribution in [2.45, 2.75) is 0 Å². The van der Waals surface area contributed by atoms with Gasteiger partial charge in [0.05, 0.1) is 20.7 Å². The van der Waals surface area contributed by atoms with Gasteiger partial charge in [-0.1, -0.05) is 36.4 Å². The van der Waals surface area contributed by atoms with Crippen molar-refractivity contribution in [3.63, 3.8) is 0 Å². The Hall–Kier alpha value is -3.84. The number of ketones is 1. The number of thiazole rings is 1. The van der Waals surface area contributed by atoms with Gasteiger partial charge in [0.15, 0.2) is 5.78 Å². The number of phenolic OH excluding ortho intramolecular Hbond substituents is 1. The minimum Gasteiger partial charge on any atom is -0.508 e. The fraction of sp³-hybridized carbons (Fsp3) is 0. The van der Waals surface area contributed by atoms with E-state index < -0.39 is 4.92 Å². The zero-order valence-electron chi connectivity index (χ0n) is 15.0. The number of rotatable bonds is 5. The van der Waals surface area contributed by atoms with E-state index in [0.717, 1.165) is 10.2 Å². The molecule has 0 saturated carbocycles. The number of hydrogen-bond acceptors (Lipinski definition) is 6. The number of Topliss-reactive ketones (excluding diaryl/α,β-unsaturated/α-hetero) is 1. The molecule has 0 fully saturated rings. The highest BCUT2D eigenvalue weighted by atomic mass is 32.1. The summed E-state index contributed by atoms with van der Waals surface area (Å²) in [5.74, 6) is -0.241. The molecular weight excluding hydrogens is 388 g/mol. The van der Waals surface area contributed by atoms with E-state index in [-0.39, 0.29) is 22.8 Å². The van der Waals surface area contributed by atoms with E-state index >= 15 is 0 Å². The van der Waals surface area contributed by atoms with E-state index in [1.165, 1.54) is 41.7 Å². The van der Waals surface area contributed by atoms with Gasteiger partial charge >= 0.3 is 0 Å². The topological polar surface area (TPSA) is 93.3 Å². The lowest BCUT2D eigenvalue weighted by Crippen LogP contribution is -2.03. The fourth-order valence-electron chi connectivity index (χ4n) is 2.87. The van der Waals surface area contributed by atoms with Gasteiger partial charge in [-0.2, -0.15) is 0 Å². The number of allylic oxidation sites excluding steroid dienone is 1. The molecule has 4 aromatic rings. The normalized spacial score (nSPS) is 11.5. The molecule has 1 aromatic heterocycles. The maximum absolute atomic E-state index is 13.3. The van der Waals surface area contributed by atoms with Gasteiger partial charge in [-0.15, -0.1) is 11.3 Å². The van der Waals surface area contributed by atoms with Gasteiger partial charge in [-0.05, 0) is 35.9 Å². The highest BCUT2D eigenvalue weighted by Gasteiger charge is 2.20. The number of carbonyl (C=O) groups is 1. The number of nitro groups is 1. The van der Waals surface area contributed by atoms with Crippen molar-refractivity contribution < 1.29 is 14.8 Å². The molecule has 142 valence electrons. The Labute approximate surface area is 169 Å². The van der Waals surface area contributed by atoms with Crippen LogP contribution in [-0.4, -0.2) is 20.8 Å². The number of hydrogen-bond donors (Lipinski definition) is 1. The Balaban J connectivity index is 1.85. The molecule has 0 unspecified atom stereocenters. The highest BCUT2D eigenvalue weighted by Crippen LogP contribution is 2.31. The second-order valence-electron chi connectivity index (χ2n) is 6.27. The number of aromatic nitrogens is 1. The molecule has 1 N–H and O–H groups in total. The average molecular weight is 402 g/mol. The number of para-hydroxylation sites is 1. The van der Waals surface area contributed by atoms with Crippen LogP contribution in [0, 0.1) is 10.1 Å². The first-order valence-corrected chi connectivity index (χ1v) is 9.49. The Morgan fingerprint density at radius 3 is 2.52 bits per heavy atom. The molecule has 29 heavy (non-hydrogen) atoms. The Kier molecular flexibility index (Phi) is 4.88. The van der Waals surface area contributed by atoms with Crippen LogP contribution in [0.4, 0.5) is 5.69 Å². The van der Waals surface area contributed by atoms with Crippen molar-refractivity contribution in [1.82, 2.24) is 4.98 Å². The minimum absolute atomic E-state index is 0.119. The van der Waals surface area contributed by atoms with Crippen LogP contribution >= 0.6 is 11.3 Å². The van der Waals surface area contributed by atoms with Crippen molar-refractivity contribution in [2.75, 3.05) is 0 Å². The van der Waals surface area contributed by atoms with Crippen LogP contribution in [0.1, 0.15) is 20.9 Å². The maximum Gasteiger partial charge on any atom is 0.270 e. The second kappa shape index (κ2) is 7.65. The molecule has 0 amide bonds. The van der Waals surface area contributed by atoms with E-state index in [4.69, 9.17) is 0 Å². The van der Waals surface area contributed by atoms with Gasteiger partial charge in [0.2, 0.25) is 0 Å². The third-order valence-electron chi connectivity index (χ3n) is 4.29. The Morgan fingerprint density at radius 2 is 1.79 bits per heavy atom. The summed E-state index contributed by atoms with van der Waals surface area (Å²) in [4.78, 5) is 28.4. The van der Waals surface area contributed by atoms with Crippen LogP contribution in [-0.2, 0) is 0 Å². The maximum atomic E-state index is 13.3. The monoisotopic (exact) mass is 402 g/mol. The molecule has 0 aliphatic heterocycles. The summed E-state index contributed by atoms with van der Waals surface area (Å²) in [6, 6.07) is 19.6. The molecule has 0 spiro atoms. The summed E-state index contributed by atoms with van der Waals surface area (Å²) in [6.45, 7) is 0. The summed E-state index contributed by atoms with van der Waals surface area (Å²) in [6.07, 6.45) is 1.68. The summed E-state index contributed by atoms with van der Waals surface area (Å²) in [5.41, 5.74) is 1.87. The molecule has 7 heteroatoms. The SMILES string of the molecule is O=C(C(=Cc1ccc(O)cc1)c1nc2ccccc2s1)c1cccc([N+](=O)[O-])c1. The summed E-state index contributed by atoms with van der Waals surface area (Å²) in [5, 5.41) is 21.1. The first-order valence-electron chi connectivity index (χ1n) is 8.67. The van der Waals surface area contributed by atoms with E-state index in [1.807, 2.05) is 24.3 Å². The lowest BCUT2D eigenvalue weighted by Gasteiger charge is -2.05. The van der Waals surface area contributed by atoms with Crippen molar-refractivity contribution >= 4 is 44.7 Å². The molecule has 0 radical (unpaired) electrons. The zero-order valence-corrected chi connectivity index (χ0v) is 15.8. The van der Waals surface area contributed by atoms with E-state index in [9.17, 15) is 20.0 Å². The molecule has 1 heterocycles. The highest BCUT2D eigenvalue weighted by molar-refractivity contribution is 7.20. The Morgan fingerprint density at radius 1 is 1.03 bits per heavy atom. The number of aromatic hydroxyl groups is 1. The van der Waals surface area contributed by atoms with Gasteiger partial charge in [-0.3, -0.25) is 14.9 Å². The number of phenols is 1. The van der Waals surface area contributed by atoms with E-state index in [2.05, 4.69) is 4.98 Å². The molecule has 0 bridgehead atoms. The van der Waals surface area contributed by atoms with Crippen LogP contribution in [0.5, 0.6) is 5.75 Å². The smallest absolute Gasteiger partial charge is 0.270 e. The lowest BCUT2D eigenvalue weighted by molar-refractivity contribution is -0.384. The predicted octanol–water partition coefficient (Wildman–Crippen LogP) is 5.33. The third kappa shape index (κ3) is 3.90. The number of non-ortho nitro benzene ring substituents is 1. The molecule has 4 rings (SSSR count). The first-order chi connectivity index (χ1) is 14.0. The summed E-state index contributed by atoms with van der Waals surface area (Å²) < 4.78 is 0.936. The first kappa shape index (κ1) is 18.5. The molecular formula is C22H14N2O4S. The lowest BCUT2D eigenvalue weighted by atomic mass is 10.0. The third-order valence-corrected chi connectivity index (χ3v) is 5.36. The second-order valence-corrected chi connectivity index (χ2v) is 7.30. The number of nitro benzene ring substituents is 1. The molecule has 0 saturated heterocycles. The van der Waals surface area contributed by atoms with Gasteiger partial charge < -0.3 is 5.11 Å². The van der Waals surface area contributed by atoms with Gasteiger partial charge in [0, 0.05) is 17.7 Å². The van der Waals surface area contributed by atoms with Gasteiger partial charge in [-0.25, -0.2) is 4.98 Å². The van der Waals surface area contributed by atoms with Gasteiger partial charge in [0.1, 0.15) is 10.8 Å².